The zero-order valence-corrected chi connectivity index (χ0v) is 23.7. The number of carbonyl (C=O) groups is 2. The van der Waals surface area contributed by atoms with Gasteiger partial charge in [-0.25, -0.2) is 0 Å². The number of nitrogens with one attached hydrogen (secondary N) is 2. The molecule has 9 nitrogen and oxygen atoms in total. The zero-order valence-electron chi connectivity index (χ0n) is 22.8. The minimum Gasteiger partial charge on any atom is -0.352 e. The number of piperazine rings is 1. The topological polar surface area (TPSA) is 100 Å². The van der Waals surface area contributed by atoms with E-state index in [9.17, 15) is 14.2 Å². The molecule has 1 fully saturated rings. The molecule has 10 heteroatoms. The number of nitrogens with zero attached hydrogens (tertiary/aromatic N) is 2. The standard InChI is InChI=1S/C28H41N4O5P/c1-4-36-38(35,37-5-2)22-23-10-12-26(13-11-23)30-27(33)21-24-8-6-9-25(20-24)28(34)29-14-7-15-32-18-16-31(3)17-19-32/h6,8-13,20H,4-5,7,14-19,21-22H2,1-3H3,(H,29,34)(H,30,33). The number of carbonyl (C=O) groups excluding carboxylic acids is 2. The van der Waals surface area contributed by atoms with Crippen molar-refractivity contribution < 1.29 is 23.2 Å². The van der Waals surface area contributed by atoms with E-state index < -0.39 is 7.60 Å². The first-order valence-corrected chi connectivity index (χ1v) is 15.1. The molecular formula is C28H41N4O5P. The van der Waals surface area contributed by atoms with Crippen LogP contribution >= 0.6 is 7.60 Å². The molecule has 0 spiro atoms. The average molecular weight is 545 g/mol. The molecule has 1 heterocycles. The van der Waals surface area contributed by atoms with Gasteiger partial charge in [-0.15, -0.1) is 0 Å². The van der Waals surface area contributed by atoms with Crippen molar-refractivity contribution in [2.75, 3.05) is 64.8 Å². The molecule has 1 aliphatic rings. The minimum absolute atomic E-state index is 0.127. The number of rotatable bonds is 14. The van der Waals surface area contributed by atoms with Gasteiger partial charge < -0.3 is 29.5 Å². The third-order valence-electron chi connectivity index (χ3n) is 6.35. The van der Waals surface area contributed by atoms with E-state index >= 15 is 0 Å². The summed E-state index contributed by atoms with van der Waals surface area (Å²) in [7, 11) is -1.04. The third-order valence-corrected chi connectivity index (χ3v) is 8.41. The summed E-state index contributed by atoms with van der Waals surface area (Å²) >= 11 is 0. The van der Waals surface area contributed by atoms with Crippen molar-refractivity contribution in [2.45, 2.75) is 32.9 Å². The van der Waals surface area contributed by atoms with Gasteiger partial charge in [0.15, 0.2) is 0 Å². The Labute approximate surface area is 226 Å². The van der Waals surface area contributed by atoms with Gasteiger partial charge in [0, 0.05) is 44.0 Å². The first kappa shape index (κ1) is 30.0. The monoisotopic (exact) mass is 544 g/mol. The second-order valence-electron chi connectivity index (χ2n) is 9.48. The van der Waals surface area contributed by atoms with Crippen LogP contribution in [0.2, 0.25) is 0 Å². The van der Waals surface area contributed by atoms with Crippen molar-refractivity contribution in [2.24, 2.45) is 0 Å². The highest BCUT2D eigenvalue weighted by Gasteiger charge is 2.24. The van der Waals surface area contributed by atoms with Gasteiger partial charge in [0.05, 0.1) is 25.8 Å². The van der Waals surface area contributed by atoms with Crippen molar-refractivity contribution >= 4 is 25.1 Å². The second-order valence-corrected chi connectivity index (χ2v) is 11.5. The first-order chi connectivity index (χ1) is 18.3. The highest BCUT2D eigenvalue weighted by atomic mass is 31.2. The Bertz CT molecular complexity index is 1080. The van der Waals surface area contributed by atoms with E-state index in [-0.39, 0.29) is 24.4 Å². The van der Waals surface area contributed by atoms with Crippen LogP contribution in [-0.4, -0.2) is 81.1 Å². The van der Waals surface area contributed by atoms with E-state index in [2.05, 4.69) is 27.5 Å². The van der Waals surface area contributed by atoms with E-state index in [1.807, 2.05) is 6.07 Å². The maximum Gasteiger partial charge on any atom is 0.335 e. The molecule has 1 saturated heterocycles. The van der Waals surface area contributed by atoms with Crippen LogP contribution in [0.15, 0.2) is 48.5 Å². The first-order valence-electron chi connectivity index (χ1n) is 13.3. The average Bonchev–Trinajstić information content (AvgIpc) is 2.89. The number of amides is 2. The number of anilines is 1. The van der Waals surface area contributed by atoms with Gasteiger partial charge in [0.1, 0.15) is 0 Å². The van der Waals surface area contributed by atoms with Gasteiger partial charge in [0.25, 0.3) is 5.91 Å². The lowest BCUT2D eigenvalue weighted by Crippen LogP contribution is -2.45. The molecule has 2 aromatic carbocycles. The van der Waals surface area contributed by atoms with Gasteiger partial charge in [-0.2, -0.15) is 0 Å². The van der Waals surface area contributed by atoms with Crippen molar-refractivity contribution in [3.05, 3.63) is 65.2 Å². The van der Waals surface area contributed by atoms with E-state index in [1.165, 1.54) is 0 Å². The Balaban J connectivity index is 1.45. The molecule has 208 valence electrons. The molecular weight excluding hydrogens is 503 g/mol. The van der Waals surface area contributed by atoms with Crippen molar-refractivity contribution in [1.82, 2.24) is 15.1 Å². The Morgan fingerprint density at radius 2 is 1.63 bits per heavy atom. The SMILES string of the molecule is CCOP(=O)(Cc1ccc(NC(=O)Cc2cccc(C(=O)NCCCN3CCN(C)CC3)c2)cc1)OCC. The highest BCUT2D eigenvalue weighted by molar-refractivity contribution is 7.53. The summed E-state index contributed by atoms with van der Waals surface area (Å²) in [4.78, 5) is 30.0. The van der Waals surface area contributed by atoms with Crippen molar-refractivity contribution in [3.8, 4) is 0 Å². The summed E-state index contributed by atoms with van der Waals surface area (Å²) in [5, 5.41) is 5.87. The van der Waals surface area contributed by atoms with Gasteiger partial charge in [-0.3, -0.25) is 14.2 Å². The van der Waals surface area contributed by atoms with Crippen LogP contribution in [0, 0.1) is 0 Å². The molecule has 1 aliphatic heterocycles. The van der Waals surface area contributed by atoms with E-state index in [0.717, 1.165) is 50.3 Å². The molecule has 0 unspecified atom stereocenters. The van der Waals surface area contributed by atoms with Crippen LogP contribution in [0.3, 0.4) is 0 Å². The largest absolute Gasteiger partial charge is 0.352 e. The van der Waals surface area contributed by atoms with Gasteiger partial charge in [-0.1, -0.05) is 24.3 Å². The quantitative estimate of drug-likeness (QED) is 0.274. The number of likely N-dealkylation sites (N-methyl/N-ethyl adjacent to an activating group) is 1. The number of benzene rings is 2. The molecule has 0 atom stereocenters. The van der Waals surface area contributed by atoms with Crippen LogP contribution in [0.5, 0.6) is 0 Å². The molecule has 0 radical (unpaired) electrons. The molecule has 0 saturated carbocycles. The molecule has 0 bridgehead atoms. The summed E-state index contributed by atoms with van der Waals surface area (Å²) in [5.41, 5.74) is 2.75. The lowest BCUT2D eigenvalue weighted by Gasteiger charge is -2.32. The number of hydrogen-bond acceptors (Lipinski definition) is 7. The van der Waals surface area contributed by atoms with E-state index in [1.54, 1.807) is 56.3 Å². The van der Waals surface area contributed by atoms with Crippen LogP contribution in [0.1, 0.15) is 41.8 Å². The summed E-state index contributed by atoms with van der Waals surface area (Å²) in [5.74, 6) is -0.311. The van der Waals surface area contributed by atoms with Gasteiger partial charge in [-0.05, 0) is 69.3 Å². The smallest absolute Gasteiger partial charge is 0.335 e. The van der Waals surface area contributed by atoms with Crippen LogP contribution in [-0.2, 0) is 31.0 Å². The van der Waals surface area contributed by atoms with Gasteiger partial charge >= 0.3 is 7.60 Å². The fourth-order valence-corrected chi connectivity index (χ4v) is 6.03. The number of hydrogen-bond donors (Lipinski definition) is 2. The van der Waals surface area contributed by atoms with Crippen LogP contribution in [0.25, 0.3) is 0 Å². The summed E-state index contributed by atoms with van der Waals surface area (Å²) < 4.78 is 23.4. The van der Waals surface area contributed by atoms with Gasteiger partial charge in [0.2, 0.25) is 5.91 Å². The maximum atomic E-state index is 12.7. The fraction of sp³-hybridized carbons (Fsp3) is 0.500. The predicted octanol–water partition coefficient (Wildman–Crippen LogP) is 4.00. The summed E-state index contributed by atoms with van der Waals surface area (Å²) in [6.45, 7) is 10.1. The Morgan fingerprint density at radius 1 is 0.947 bits per heavy atom. The Hall–Kier alpha value is -2.55. The predicted molar refractivity (Wildman–Crippen MR) is 151 cm³/mol. The highest BCUT2D eigenvalue weighted by Crippen LogP contribution is 2.51. The third kappa shape index (κ3) is 9.97. The summed E-state index contributed by atoms with van der Waals surface area (Å²) in [6.07, 6.45) is 1.23. The lowest BCUT2D eigenvalue weighted by molar-refractivity contribution is -0.115. The van der Waals surface area contributed by atoms with Crippen molar-refractivity contribution in [3.63, 3.8) is 0 Å². The molecule has 0 aromatic heterocycles. The minimum atomic E-state index is -3.18. The molecule has 0 aliphatic carbocycles. The fourth-order valence-electron chi connectivity index (χ4n) is 4.33. The molecule has 2 aromatic rings. The molecule has 3 rings (SSSR count). The molecule has 2 N–H and O–H groups in total. The van der Waals surface area contributed by atoms with E-state index in [4.69, 9.17) is 9.05 Å². The Morgan fingerprint density at radius 3 is 2.29 bits per heavy atom. The second kappa shape index (κ2) is 15.1. The van der Waals surface area contributed by atoms with E-state index in [0.29, 0.717) is 31.0 Å². The zero-order chi connectivity index (χ0) is 27.4. The van der Waals surface area contributed by atoms with Crippen LogP contribution < -0.4 is 10.6 Å². The Kier molecular flexibility index (Phi) is 12.0. The maximum absolute atomic E-state index is 12.7. The molecule has 2 amide bonds. The van der Waals surface area contributed by atoms with Crippen LogP contribution in [0.4, 0.5) is 5.69 Å². The lowest BCUT2D eigenvalue weighted by atomic mass is 10.1. The molecule has 38 heavy (non-hydrogen) atoms. The normalized spacial score (nSPS) is 14.8. The van der Waals surface area contributed by atoms with Crippen molar-refractivity contribution in [1.29, 1.82) is 0 Å². The summed E-state index contributed by atoms with van der Waals surface area (Å²) in [6, 6.07) is 14.3.